The fraction of sp³-hybridized carbons (Fsp3) is 0.409. The number of amides is 1. The molecule has 1 amide bonds. The number of aromatic nitrogens is 2. The summed E-state index contributed by atoms with van der Waals surface area (Å²) in [6.07, 6.45) is 3.52. The zero-order valence-electron chi connectivity index (χ0n) is 17.7. The second-order valence-corrected chi connectivity index (χ2v) is 8.75. The third kappa shape index (κ3) is 4.85. The quantitative estimate of drug-likeness (QED) is 0.580. The Bertz CT molecular complexity index is 1040. The van der Waals surface area contributed by atoms with Gasteiger partial charge in [0.05, 0.1) is 24.2 Å². The summed E-state index contributed by atoms with van der Waals surface area (Å²) in [5, 5.41) is 12.9. The molecule has 2 N–H and O–H groups in total. The normalized spacial score (nSPS) is 17.1. The molecule has 1 aliphatic rings. The first-order valence-corrected chi connectivity index (χ1v) is 11.1. The molecule has 2 aromatic heterocycles. The highest BCUT2D eigenvalue weighted by Crippen LogP contribution is 2.38. The lowest BCUT2D eigenvalue weighted by atomic mass is 10.0. The molecule has 3 aromatic rings. The molecule has 1 saturated heterocycles. The zero-order valence-corrected chi connectivity index (χ0v) is 18.6. The highest BCUT2D eigenvalue weighted by Gasteiger charge is 2.29. The first kappa shape index (κ1) is 21.6. The minimum atomic E-state index is -0.207. The fourth-order valence-electron chi connectivity index (χ4n) is 3.74. The third-order valence-electron chi connectivity index (χ3n) is 5.21. The molecule has 1 atom stereocenters. The van der Waals surface area contributed by atoms with Crippen molar-refractivity contribution in [2.45, 2.75) is 12.6 Å². The number of benzene rings is 1. The van der Waals surface area contributed by atoms with Crippen LogP contribution in [0.15, 0.2) is 36.7 Å². The summed E-state index contributed by atoms with van der Waals surface area (Å²) in [6.45, 7) is 2.93. The molecule has 0 bridgehead atoms. The number of rotatable bonds is 7. The predicted octanol–water partition coefficient (Wildman–Crippen LogP) is 2.05. The highest BCUT2D eigenvalue weighted by atomic mass is 32.1. The Kier molecular flexibility index (Phi) is 6.77. The summed E-state index contributed by atoms with van der Waals surface area (Å²) < 4.78 is 7.20. The van der Waals surface area contributed by atoms with Crippen LogP contribution in [0.25, 0.3) is 10.1 Å². The number of hydrogen-bond donors (Lipinski definition) is 2. The molecule has 0 radical (unpaired) electrons. The number of nitrogens with zero attached hydrogens (tertiary/aromatic N) is 4. The summed E-state index contributed by atoms with van der Waals surface area (Å²) in [5.74, 6) is 0.519. The van der Waals surface area contributed by atoms with Gasteiger partial charge in [-0.3, -0.25) is 9.69 Å². The van der Waals surface area contributed by atoms with Crippen LogP contribution in [-0.2, 0) is 11.3 Å². The molecule has 0 saturated carbocycles. The summed E-state index contributed by atoms with van der Waals surface area (Å²) in [7, 11) is 3.84. The Hall–Kier alpha value is -2.59. The fourth-order valence-corrected chi connectivity index (χ4v) is 4.91. The Morgan fingerprint density at radius 2 is 2.10 bits per heavy atom. The van der Waals surface area contributed by atoms with E-state index in [9.17, 15) is 4.79 Å². The first-order valence-electron chi connectivity index (χ1n) is 10.3. The third-order valence-corrected chi connectivity index (χ3v) is 6.39. The van der Waals surface area contributed by atoms with Crippen LogP contribution in [0.4, 0.5) is 5.95 Å². The average Bonchev–Trinajstić information content (AvgIpc) is 3.18. The number of morpholine rings is 1. The van der Waals surface area contributed by atoms with Gasteiger partial charge >= 0.3 is 0 Å². The number of thiophene rings is 1. The van der Waals surface area contributed by atoms with Crippen molar-refractivity contribution in [1.29, 1.82) is 0 Å². The maximum atomic E-state index is 12.8. The van der Waals surface area contributed by atoms with Crippen molar-refractivity contribution >= 4 is 33.3 Å². The molecule has 0 spiro atoms. The Labute approximate surface area is 185 Å². The molecular weight excluding hydrogens is 414 g/mol. The van der Waals surface area contributed by atoms with Crippen molar-refractivity contribution in [3.05, 3.63) is 52.7 Å². The lowest BCUT2D eigenvalue weighted by molar-refractivity contribution is -0.0323. The Balaban J connectivity index is 1.56. The van der Waals surface area contributed by atoms with Crippen LogP contribution in [0.5, 0.6) is 0 Å². The number of ether oxygens (including phenoxy) is 1. The van der Waals surface area contributed by atoms with Gasteiger partial charge in [0, 0.05) is 68.5 Å². The number of aliphatic hydroxyl groups excluding tert-OH is 1. The van der Waals surface area contributed by atoms with E-state index in [0.717, 1.165) is 34.3 Å². The van der Waals surface area contributed by atoms with Crippen molar-refractivity contribution in [3.8, 4) is 0 Å². The van der Waals surface area contributed by atoms with E-state index in [-0.39, 0.29) is 25.2 Å². The van der Waals surface area contributed by atoms with Crippen molar-refractivity contribution in [3.63, 3.8) is 0 Å². The van der Waals surface area contributed by atoms with Crippen LogP contribution in [0, 0.1) is 0 Å². The molecule has 8 nitrogen and oxygen atoms in total. The molecule has 1 unspecified atom stereocenters. The van der Waals surface area contributed by atoms with E-state index in [4.69, 9.17) is 9.84 Å². The van der Waals surface area contributed by atoms with Gasteiger partial charge in [0.2, 0.25) is 5.95 Å². The number of hydrogen-bond acceptors (Lipinski definition) is 8. The van der Waals surface area contributed by atoms with Crippen LogP contribution in [0.1, 0.15) is 26.9 Å². The molecule has 9 heteroatoms. The summed E-state index contributed by atoms with van der Waals surface area (Å²) in [6, 6.07) is 8.03. The van der Waals surface area contributed by atoms with Crippen molar-refractivity contribution in [2.75, 3.05) is 51.8 Å². The van der Waals surface area contributed by atoms with E-state index in [0.29, 0.717) is 24.0 Å². The van der Waals surface area contributed by atoms with Crippen LogP contribution < -0.4 is 10.2 Å². The molecule has 164 valence electrons. The molecule has 1 aromatic carbocycles. The number of fused-ring (bicyclic) bond motifs is 1. The predicted molar refractivity (Wildman–Crippen MR) is 122 cm³/mol. The number of nitrogens with one attached hydrogen (secondary N) is 1. The van der Waals surface area contributed by atoms with Gasteiger partial charge < -0.3 is 20.1 Å². The van der Waals surface area contributed by atoms with E-state index < -0.39 is 0 Å². The maximum absolute atomic E-state index is 12.8. The molecule has 1 aliphatic heterocycles. The standard InChI is InChI=1S/C22H27N5O3S/c1-26(2)22-24-11-15(12-25-22)13-27-8-10-30-17(14-27)19-16-5-3-4-6-18(16)31-20(19)21(29)23-7-9-28/h3-6,11-12,17,28H,7-10,13-14H2,1-2H3,(H,23,29). The van der Waals surface area contributed by atoms with Gasteiger partial charge in [-0.2, -0.15) is 0 Å². The second-order valence-electron chi connectivity index (χ2n) is 7.70. The molecule has 1 fully saturated rings. The van der Waals surface area contributed by atoms with E-state index in [1.54, 1.807) is 0 Å². The van der Waals surface area contributed by atoms with Crippen LogP contribution >= 0.6 is 11.3 Å². The second kappa shape index (κ2) is 9.69. The average molecular weight is 442 g/mol. The minimum absolute atomic E-state index is 0.0889. The summed E-state index contributed by atoms with van der Waals surface area (Å²) in [5.41, 5.74) is 1.97. The summed E-state index contributed by atoms with van der Waals surface area (Å²) >= 11 is 1.47. The van der Waals surface area contributed by atoms with Gasteiger partial charge in [0.1, 0.15) is 0 Å². The Morgan fingerprint density at radius 3 is 2.84 bits per heavy atom. The number of carbonyl (C=O) groups is 1. The van der Waals surface area contributed by atoms with Gasteiger partial charge in [-0.05, 0) is 11.5 Å². The lowest BCUT2D eigenvalue weighted by Crippen LogP contribution is -2.38. The SMILES string of the molecule is CN(C)c1ncc(CN2CCOC(c3c(C(=O)NCCO)sc4ccccc34)C2)cn1. The molecule has 31 heavy (non-hydrogen) atoms. The van der Waals surface area contributed by atoms with Crippen LogP contribution in [-0.4, -0.2) is 72.8 Å². The first-order chi connectivity index (χ1) is 15.1. The van der Waals surface area contributed by atoms with Crippen molar-refractivity contribution in [2.24, 2.45) is 0 Å². The topological polar surface area (TPSA) is 90.8 Å². The lowest BCUT2D eigenvalue weighted by Gasteiger charge is -2.33. The van der Waals surface area contributed by atoms with E-state index in [1.165, 1.54) is 11.3 Å². The van der Waals surface area contributed by atoms with Gasteiger partial charge in [-0.1, -0.05) is 18.2 Å². The van der Waals surface area contributed by atoms with Crippen LogP contribution in [0.2, 0.25) is 0 Å². The number of carbonyl (C=O) groups excluding carboxylic acids is 1. The van der Waals surface area contributed by atoms with Crippen molar-refractivity contribution in [1.82, 2.24) is 20.2 Å². The van der Waals surface area contributed by atoms with Gasteiger partial charge in [0.15, 0.2) is 0 Å². The van der Waals surface area contributed by atoms with E-state index >= 15 is 0 Å². The monoisotopic (exact) mass is 441 g/mol. The van der Waals surface area contributed by atoms with Gasteiger partial charge in [0.25, 0.3) is 5.91 Å². The largest absolute Gasteiger partial charge is 0.395 e. The maximum Gasteiger partial charge on any atom is 0.261 e. The van der Waals surface area contributed by atoms with E-state index in [2.05, 4.69) is 20.2 Å². The zero-order chi connectivity index (χ0) is 21.8. The number of anilines is 1. The van der Waals surface area contributed by atoms with Gasteiger partial charge in [-0.15, -0.1) is 11.3 Å². The Morgan fingerprint density at radius 1 is 1.32 bits per heavy atom. The number of aliphatic hydroxyl groups is 1. The molecule has 0 aliphatic carbocycles. The molecule has 4 rings (SSSR count). The van der Waals surface area contributed by atoms with Crippen molar-refractivity contribution < 1.29 is 14.6 Å². The smallest absolute Gasteiger partial charge is 0.261 e. The summed E-state index contributed by atoms with van der Waals surface area (Å²) in [4.78, 5) is 26.4. The van der Waals surface area contributed by atoms with E-state index in [1.807, 2.05) is 55.7 Å². The highest BCUT2D eigenvalue weighted by molar-refractivity contribution is 7.21. The van der Waals surface area contributed by atoms with Crippen LogP contribution in [0.3, 0.4) is 0 Å². The van der Waals surface area contributed by atoms with Gasteiger partial charge in [-0.25, -0.2) is 9.97 Å². The molecular formula is C22H27N5O3S. The minimum Gasteiger partial charge on any atom is -0.395 e. The molecule has 3 heterocycles.